The highest BCUT2D eigenvalue weighted by molar-refractivity contribution is 7.91. The molecule has 1 aromatic heterocycles. The predicted octanol–water partition coefficient (Wildman–Crippen LogP) is 2.32. The van der Waals surface area contributed by atoms with Gasteiger partial charge in [0.15, 0.2) is 0 Å². The average Bonchev–Trinajstić information content (AvgIpc) is 2.88. The van der Waals surface area contributed by atoms with E-state index >= 15 is 0 Å². The zero-order valence-electron chi connectivity index (χ0n) is 12.4. The molecule has 2 heterocycles. The van der Waals surface area contributed by atoms with Crippen LogP contribution in [0.15, 0.2) is 16.3 Å². The van der Waals surface area contributed by atoms with Crippen LogP contribution in [0, 0.1) is 5.92 Å². The van der Waals surface area contributed by atoms with E-state index in [0.29, 0.717) is 16.7 Å². The van der Waals surface area contributed by atoms with Gasteiger partial charge in [0.2, 0.25) is 0 Å². The third-order valence-corrected chi connectivity index (χ3v) is 7.47. The highest BCUT2D eigenvalue weighted by atomic mass is 32.2. The molecule has 0 saturated carbocycles. The summed E-state index contributed by atoms with van der Waals surface area (Å²) in [7, 11) is -1.41. The van der Waals surface area contributed by atoms with Crippen LogP contribution in [0.5, 0.6) is 0 Å². The second kappa shape index (κ2) is 6.56. The highest BCUT2D eigenvalue weighted by Crippen LogP contribution is 2.31. The van der Waals surface area contributed by atoms with Crippen molar-refractivity contribution in [2.75, 3.05) is 20.1 Å². The van der Waals surface area contributed by atoms with E-state index in [0.717, 1.165) is 30.7 Å². The summed E-state index contributed by atoms with van der Waals surface area (Å²) in [5.41, 5.74) is 0. The van der Waals surface area contributed by atoms with Crippen LogP contribution in [-0.2, 0) is 16.4 Å². The molecule has 1 saturated heterocycles. The third kappa shape index (κ3) is 3.42. The van der Waals surface area contributed by atoms with Crippen LogP contribution in [0.25, 0.3) is 0 Å². The van der Waals surface area contributed by atoms with Gasteiger partial charge < -0.3 is 5.32 Å². The lowest BCUT2D eigenvalue weighted by Crippen LogP contribution is -2.44. The molecule has 0 spiro atoms. The maximum Gasteiger partial charge on any atom is 0.252 e. The average molecular weight is 316 g/mol. The molecule has 20 heavy (non-hydrogen) atoms. The Hall–Kier alpha value is -0.430. The Bertz CT molecular complexity index is 539. The topological polar surface area (TPSA) is 49.4 Å². The summed E-state index contributed by atoms with van der Waals surface area (Å²) >= 11 is 1.41. The minimum atomic E-state index is -3.32. The van der Waals surface area contributed by atoms with Gasteiger partial charge in [0.05, 0.1) is 0 Å². The van der Waals surface area contributed by atoms with Gasteiger partial charge in [-0.1, -0.05) is 6.92 Å². The van der Waals surface area contributed by atoms with Gasteiger partial charge >= 0.3 is 0 Å². The number of piperidine rings is 1. The smallest absolute Gasteiger partial charge is 0.252 e. The zero-order valence-corrected chi connectivity index (χ0v) is 14.1. The Balaban J connectivity index is 2.18. The maximum atomic E-state index is 12.8. The third-order valence-electron chi connectivity index (χ3n) is 3.88. The van der Waals surface area contributed by atoms with Crippen LogP contribution in [0.4, 0.5) is 0 Å². The molecule has 0 bridgehead atoms. The van der Waals surface area contributed by atoms with E-state index < -0.39 is 10.0 Å². The monoisotopic (exact) mass is 316 g/mol. The zero-order chi connectivity index (χ0) is 14.8. The van der Waals surface area contributed by atoms with Crippen molar-refractivity contribution in [2.45, 2.75) is 43.4 Å². The Labute approximate surface area is 126 Å². The molecule has 1 aromatic rings. The quantitative estimate of drug-likeness (QED) is 0.907. The molecule has 1 N–H and O–H groups in total. The molecular formula is C14H24N2O2S2. The Kier molecular flexibility index (Phi) is 5.23. The molecule has 1 aliphatic rings. The van der Waals surface area contributed by atoms with Gasteiger partial charge in [0.1, 0.15) is 4.21 Å². The molecule has 2 rings (SSSR count). The van der Waals surface area contributed by atoms with Crippen molar-refractivity contribution in [1.82, 2.24) is 9.62 Å². The molecule has 4 nitrogen and oxygen atoms in total. The standard InChI is InChI=1S/C14H24N2O2S2/c1-11-4-5-12(2)16(10-11)20(17,18)14-7-6-13(19-14)8-9-15-3/h6-7,11-12,15H,4-5,8-10H2,1-3H3. The molecule has 0 aromatic carbocycles. The molecule has 114 valence electrons. The van der Waals surface area contributed by atoms with Gasteiger partial charge in [-0.2, -0.15) is 4.31 Å². The lowest BCUT2D eigenvalue weighted by molar-refractivity contribution is 0.218. The fraction of sp³-hybridized carbons (Fsp3) is 0.714. The molecule has 2 unspecified atom stereocenters. The van der Waals surface area contributed by atoms with Gasteiger partial charge in [-0.15, -0.1) is 11.3 Å². The summed E-state index contributed by atoms with van der Waals surface area (Å²) in [6, 6.07) is 3.81. The molecule has 0 aliphatic carbocycles. The number of hydrogen-bond donors (Lipinski definition) is 1. The molecule has 0 radical (unpaired) electrons. The number of hydrogen-bond acceptors (Lipinski definition) is 4. The van der Waals surface area contributed by atoms with Crippen molar-refractivity contribution in [2.24, 2.45) is 5.92 Å². The van der Waals surface area contributed by atoms with Gasteiger partial charge in [-0.3, -0.25) is 0 Å². The van der Waals surface area contributed by atoms with Crippen molar-refractivity contribution in [1.29, 1.82) is 0 Å². The van der Waals surface area contributed by atoms with E-state index in [-0.39, 0.29) is 6.04 Å². The number of nitrogens with one attached hydrogen (secondary N) is 1. The fourth-order valence-electron chi connectivity index (χ4n) is 2.58. The van der Waals surface area contributed by atoms with Crippen LogP contribution in [0.3, 0.4) is 0 Å². The van der Waals surface area contributed by atoms with Crippen molar-refractivity contribution >= 4 is 21.4 Å². The van der Waals surface area contributed by atoms with Crippen molar-refractivity contribution in [3.63, 3.8) is 0 Å². The van der Waals surface area contributed by atoms with E-state index in [2.05, 4.69) is 12.2 Å². The summed E-state index contributed by atoms with van der Waals surface area (Å²) in [5.74, 6) is 0.449. The summed E-state index contributed by atoms with van der Waals surface area (Å²) in [6.07, 6.45) is 2.95. The SMILES string of the molecule is CNCCc1ccc(S(=O)(=O)N2CC(C)CCC2C)s1. The van der Waals surface area contributed by atoms with Gasteiger partial charge in [0.25, 0.3) is 10.0 Å². The molecular weight excluding hydrogens is 292 g/mol. The first-order chi connectivity index (χ1) is 9.45. The van der Waals surface area contributed by atoms with E-state index in [9.17, 15) is 8.42 Å². The first-order valence-electron chi connectivity index (χ1n) is 7.20. The number of rotatable bonds is 5. The van der Waals surface area contributed by atoms with Crippen molar-refractivity contribution in [3.8, 4) is 0 Å². The highest BCUT2D eigenvalue weighted by Gasteiger charge is 2.34. The largest absolute Gasteiger partial charge is 0.319 e. The summed E-state index contributed by atoms with van der Waals surface area (Å²) in [6.45, 7) is 5.66. The van der Waals surface area contributed by atoms with E-state index in [1.807, 2.05) is 20.0 Å². The molecule has 2 atom stereocenters. The lowest BCUT2D eigenvalue weighted by atomic mass is 9.97. The van der Waals surface area contributed by atoms with E-state index in [1.54, 1.807) is 10.4 Å². The number of nitrogens with zero attached hydrogens (tertiary/aromatic N) is 1. The minimum Gasteiger partial charge on any atom is -0.319 e. The predicted molar refractivity (Wildman–Crippen MR) is 83.7 cm³/mol. The van der Waals surface area contributed by atoms with Gasteiger partial charge in [-0.25, -0.2) is 8.42 Å². The van der Waals surface area contributed by atoms with Crippen LogP contribution in [0.1, 0.15) is 31.6 Å². The summed E-state index contributed by atoms with van der Waals surface area (Å²) in [4.78, 5) is 1.12. The Morgan fingerprint density at radius 3 is 2.80 bits per heavy atom. The lowest BCUT2D eigenvalue weighted by Gasteiger charge is -2.35. The summed E-state index contributed by atoms with van der Waals surface area (Å²) in [5, 5.41) is 3.09. The van der Waals surface area contributed by atoms with Crippen LogP contribution < -0.4 is 5.32 Å². The second-order valence-corrected chi connectivity index (χ2v) is 8.97. The Morgan fingerprint density at radius 1 is 1.35 bits per heavy atom. The molecule has 0 amide bonds. The number of sulfonamides is 1. The molecule has 1 fully saturated rings. The molecule has 6 heteroatoms. The van der Waals surface area contributed by atoms with Gasteiger partial charge in [0, 0.05) is 17.5 Å². The van der Waals surface area contributed by atoms with Crippen LogP contribution >= 0.6 is 11.3 Å². The van der Waals surface area contributed by atoms with Crippen LogP contribution in [0.2, 0.25) is 0 Å². The van der Waals surface area contributed by atoms with Crippen LogP contribution in [-0.4, -0.2) is 38.9 Å². The number of likely N-dealkylation sites (N-methyl/N-ethyl adjacent to an activating group) is 1. The van der Waals surface area contributed by atoms with E-state index in [1.165, 1.54) is 11.3 Å². The minimum absolute atomic E-state index is 0.110. The van der Waals surface area contributed by atoms with E-state index in [4.69, 9.17) is 0 Å². The molecule has 1 aliphatic heterocycles. The Morgan fingerprint density at radius 2 is 2.10 bits per heavy atom. The van der Waals surface area contributed by atoms with Gasteiger partial charge in [-0.05, 0) is 57.8 Å². The normalized spacial score (nSPS) is 24.9. The number of thiophene rings is 1. The maximum absolute atomic E-state index is 12.8. The van der Waals surface area contributed by atoms with Crippen molar-refractivity contribution in [3.05, 3.63) is 17.0 Å². The first-order valence-corrected chi connectivity index (χ1v) is 9.46. The second-order valence-electron chi connectivity index (χ2n) is 5.68. The first kappa shape index (κ1) is 15.9. The van der Waals surface area contributed by atoms with Crippen molar-refractivity contribution < 1.29 is 8.42 Å². The fourth-order valence-corrected chi connectivity index (χ4v) is 5.84. The summed E-state index contributed by atoms with van der Waals surface area (Å²) < 4.78 is 27.7.